The third-order valence-corrected chi connectivity index (χ3v) is 4.05. The standard InChI is InChI=1S/C21H15FN2O3/c22-17-10-13(11-20(26)23-14-4-3-5-15(25)12-14)8-9-16(17)21-24-18-6-1-2-7-19(18)27-21/h1-10,12,25H,11H2,(H,23,26). The van der Waals surface area contributed by atoms with E-state index in [0.717, 1.165) is 0 Å². The van der Waals surface area contributed by atoms with Crippen LogP contribution in [0.1, 0.15) is 5.56 Å². The molecule has 1 aromatic heterocycles. The van der Waals surface area contributed by atoms with Crippen molar-refractivity contribution in [3.63, 3.8) is 0 Å². The number of phenols is 1. The minimum absolute atomic E-state index is 0.000412. The first kappa shape index (κ1) is 16.8. The molecule has 27 heavy (non-hydrogen) atoms. The van der Waals surface area contributed by atoms with Gasteiger partial charge in [0, 0.05) is 11.8 Å². The Morgan fingerprint density at radius 2 is 1.93 bits per heavy atom. The molecule has 6 heteroatoms. The number of para-hydroxylation sites is 2. The van der Waals surface area contributed by atoms with Gasteiger partial charge in [-0.2, -0.15) is 0 Å². The van der Waals surface area contributed by atoms with Gasteiger partial charge in [0.05, 0.1) is 12.0 Å². The molecule has 0 aliphatic rings. The molecule has 0 radical (unpaired) electrons. The Hall–Kier alpha value is -3.67. The van der Waals surface area contributed by atoms with Gasteiger partial charge in [-0.15, -0.1) is 0 Å². The van der Waals surface area contributed by atoms with Crippen LogP contribution in [0, 0.1) is 5.82 Å². The van der Waals surface area contributed by atoms with E-state index in [4.69, 9.17) is 4.42 Å². The van der Waals surface area contributed by atoms with E-state index in [-0.39, 0.29) is 29.5 Å². The first-order chi connectivity index (χ1) is 13.1. The number of carbonyl (C=O) groups excluding carboxylic acids is 1. The van der Waals surface area contributed by atoms with Gasteiger partial charge in [-0.25, -0.2) is 9.37 Å². The third-order valence-electron chi connectivity index (χ3n) is 4.05. The Morgan fingerprint density at radius 1 is 1.07 bits per heavy atom. The predicted octanol–water partition coefficient (Wildman–Crippen LogP) is 4.52. The molecular weight excluding hydrogens is 347 g/mol. The number of rotatable bonds is 4. The van der Waals surface area contributed by atoms with Crippen LogP contribution >= 0.6 is 0 Å². The lowest BCUT2D eigenvalue weighted by Crippen LogP contribution is -2.14. The highest BCUT2D eigenvalue weighted by atomic mass is 19.1. The molecule has 0 spiro atoms. The van der Waals surface area contributed by atoms with Crippen molar-refractivity contribution < 1.29 is 18.7 Å². The Bertz CT molecular complexity index is 1100. The van der Waals surface area contributed by atoms with Crippen LogP contribution in [0.2, 0.25) is 0 Å². The number of amides is 1. The molecule has 0 bridgehead atoms. The van der Waals surface area contributed by atoms with Crippen LogP contribution in [0.3, 0.4) is 0 Å². The topological polar surface area (TPSA) is 75.4 Å². The molecule has 134 valence electrons. The van der Waals surface area contributed by atoms with E-state index in [0.29, 0.717) is 22.4 Å². The number of aromatic nitrogens is 1. The molecule has 4 rings (SSSR count). The molecule has 0 aliphatic heterocycles. The number of oxazole rings is 1. The summed E-state index contributed by atoms with van der Waals surface area (Å²) >= 11 is 0. The van der Waals surface area contributed by atoms with Crippen molar-refractivity contribution in [1.82, 2.24) is 4.98 Å². The average molecular weight is 362 g/mol. The van der Waals surface area contributed by atoms with E-state index in [1.165, 1.54) is 18.2 Å². The Balaban J connectivity index is 1.52. The smallest absolute Gasteiger partial charge is 0.230 e. The maximum Gasteiger partial charge on any atom is 0.230 e. The number of hydrogen-bond acceptors (Lipinski definition) is 4. The van der Waals surface area contributed by atoms with Crippen LogP contribution in [0.15, 0.2) is 71.1 Å². The monoisotopic (exact) mass is 362 g/mol. The minimum Gasteiger partial charge on any atom is -0.508 e. The normalized spacial score (nSPS) is 10.9. The first-order valence-electron chi connectivity index (χ1n) is 8.32. The number of aromatic hydroxyl groups is 1. The van der Waals surface area contributed by atoms with E-state index in [9.17, 15) is 14.3 Å². The summed E-state index contributed by atoms with van der Waals surface area (Å²) in [6.07, 6.45) is 0.000412. The molecule has 3 aromatic carbocycles. The summed E-state index contributed by atoms with van der Waals surface area (Å²) < 4.78 is 20.1. The Kier molecular flexibility index (Phi) is 4.30. The number of phenolic OH excluding ortho intramolecular Hbond substituents is 1. The Labute approximate surface area is 154 Å². The molecule has 0 saturated heterocycles. The summed E-state index contributed by atoms with van der Waals surface area (Å²) in [4.78, 5) is 16.4. The van der Waals surface area contributed by atoms with Crippen LogP contribution < -0.4 is 5.32 Å². The molecular formula is C21H15FN2O3. The molecule has 1 amide bonds. The fourth-order valence-electron chi connectivity index (χ4n) is 2.80. The SMILES string of the molecule is O=C(Cc1ccc(-c2nc3ccccc3o2)c(F)c1)Nc1cccc(O)c1. The summed E-state index contributed by atoms with van der Waals surface area (Å²) in [7, 11) is 0. The van der Waals surface area contributed by atoms with Crippen molar-refractivity contribution in [2.24, 2.45) is 0 Å². The zero-order valence-corrected chi connectivity index (χ0v) is 14.1. The molecule has 5 nitrogen and oxygen atoms in total. The quantitative estimate of drug-likeness (QED) is 0.560. The van der Waals surface area contributed by atoms with E-state index in [1.54, 1.807) is 36.4 Å². The fourth-order valence-corrected chi connectivity index (χ4v) is 2.80. The number of hydrogen-bond donors (Lipinski definition) is 2. The Morgan fingerprint density at radius 3 is 2.70 bits per heavy atom. The highest BCUT2D eigenvalue weighted by molar-refractivity contribution is 5.92. The fraction of sp³-hybridized carbons (Fsp3) is 0.0476. The van der Waals surface area contributed by atoms with Crippen molar-refractivity contribution >= 4 is 22.7 Å². The number of carbonyl (C=O) groups is 1. The van der Waals surface area contributed by atoms with E-state index in [1.807, 2.05) is 12.1 Å². The second-order valence-electron chi connectivity index (χ2n) is 6.08. The second kappa shape index (κ2) is 6.92. The number of nitrogens with one attached hydrogen (secondary N) is 1. The maximum atomic E-state index is 14.5. The van der Waals surface area contributed by atoms with Crippen LogP contribution in [-0.4, -0.2) is 16.0 Å². The van der Waals surface area contributed by atoms with E-state index >= 15 is 0 Å². The maximum absolute atomic E-state index is 14.5. The summed E-state index contributed by atoms with van der Waals surface area (Å²) in [5, 5.41) is 12.1. The van der Waals surface area contributed by atoms with Crippen LogP contribution in [-0.2, 0) is 11.2 Å². The number of fused-ring (bicyclic) bond motifs is 1. The molecule has 0 atom stereocenters. The van der Waals surface area contributed by atoms with Crippen LogP contribution in [0.4, 0.5) is 10.1 Å². The van der Waals surface area contributed by atoms with E-state index in [2.05, 4.69) is 10.3 Å². The predicted molar refractivity (Wildman–Crippen MR) is 99.8 cm³/mol. The number of nitrogens with zero attached hydrogens (tertiary/aromatic N) is 1. The summed E-state index contributed by atoms with van der Waals surface area (Å²) in [5.74, 6) is -0.565. The van der Waals surface area contributed by atoms with Gasteiger partial charge in [-0.1, -0.05) is 24.3 Å². The van der Waals surface area contributed by atoms with Crippen LogP contribution in [0.5, 0.6) is 5.75 Å². The lowest BCUT2D eigenvalue weighted by molar-refractivity contribution is -0.115. The van der Waals surface area contributed by atoms with Gasteiger partial charge in [0.2, 0.25) is 11.8 Å². The van der Waals surface area contributed by atoms with Crippen molar-refractivity contribution in [3.05, 3.63) is 78.1 Å². The van der Waals surface area contributed by atoms with Gasteiger partial charge in [-0.3, -0.25) is 4.79 Å². The highest BCUT2D eigenvalue weighted by Gasteiger charge is 2.14. The summed E-state index contributed by atoms with van der Waals surface area (Å²) in [5.41, 5.74) is 2.47. The molecule has 0 saturated carbocycles. The lowest BCUT2D eigenvalue weighted by atomic mass is 10.1. The van der Waals surface area contributed by atoms with Gasteiger partial charge in [-0.05, 0) is 42.0 Å². The molecule has 4 aromatic rings. The number of benzene rings is 3. The number of halogens is 1. The largest absolute Gasteiger partial charge is 0.508 e. The summed E-state index contributed by atoms with van der Waals surface area (Å²) in [6, 6.07) is 18.0. The van der Waals surface area contributed by atoms with Crippen molar-refractivity contribution in [2.45, 2.75) is 6.42 Å². The molecule has 0 unspecified atom stereocenters. The first-order valence-corrected chi connectivity index (χ1v) is 8.32. The van der Waals surface area contributed by atoms with Gasteiger partial charge < -0.3 is 14.8 Å². The zero-order chi connectivity index (χ0) is 18.8. The minimum atomic E-state index is -0.510. The molecule has 2 N–H and O–H groups in total. The van der Waals surface area contributed by atoms with Crippen molar-refractivity contribution in [3.8, 4) is 17.2 Å². The highest BCUT2D eigenvalue weighted by Crippen LogP contribution is 2.27. The average Bonchev–Trinajstić information content (AvgIpc) is 3.05. The lowest BCUT2D eigenvalue weighted by Gasteiger charge is -2.07. The van der Waals surface area contributed by atoms with Crippen molar-refractivity contribution in [2.75, 3.05) is 5.32 Å². The number of anilines is 1. The second-order valence-corrected chi connectivity index (χ2v) is 6.08. The zero-order valence-electron chi connectivity index (χ0n) is 14.1. The van der Waals surface area contributed by atoms with E-state index < -0.39 is 5.82 Å². The molecule has 0 fully saturated rings. The van der Waals surface area contributed by atoms with Gasteiger partial charge >= 0.3 is 0 Å². The summed E-state index contributed by atoms with van der Waals surface area (Å²) in [6.45, 7) is 0. The third kappa shape index (κ3) is 3.64. The van der Waals surface area contributed by atoms with Gasteiger partial charge in [0.15, 0.2) is 5.58 Å². The van der Waals surface area contributed by atoms with Crippen molar-refractivity contribution in [1.29, 1.82) is 0 Å². The molecule has 1 heterocycles. The molecule has 0 aliphatic carbocycles. The van der Waals surface area contributed by atoms with Gasteiger partial charge in [0.25, 0.3) is 0 Å². The van der Waals surface area contributed by atoms with Gasteiger partial charge in [0.1, 0.15) is 17.1 Å². The van der Waals surface area contributed by atoms with Crippen LogP contribution in [0.25, 0.3) is 22.6 Å².